The van der Waals surface area contributed by atoms with E-state index in [1.54, 1.807) is 58.0 Å². The maximum Gasteiger partial charge on any atom is 0.414 e. The van der Waals surface area contributed by atoms with Crippen molar-refractivity contribution >= 4 is 23.4 Å². The third-order valence-electron chi connectivity index (χ3n) is 4.83. The number of anilines is 2. The first-order valence-corrected chi connectivity index (χ1v) is 9.79. The van der Waals surface area contributed by atoms with Crippen LogP contribution in [-0.2, 0) is 17.1 Å². The molecule has 1 heterocycles. The number of fused-ring (bicyclic) bond motifs is 1. The summed E-state index contributed by atoms with van der Waals surface area (Å²) in [6.07, 6.45) is 0.204. The van der Waals surface area contributed by atoms with Crippen LogP contribution in [0.2, 0.25) is 0 Å². The molecule has 0 aromatic heterocycles. The van der Waals surface area contributed by atoms with Crippen molar-refractivity contribution in [1.82, 2.24) is 0 Å². The second kappa shape index (κ2) is 7.70. The molecule has 5 nitrogen and oxygen atoms in total. The molecule has 0 radical (unpaired) electrons. The highest BCUT2D eigenvalue weighted by molar-refractivity contribution is 6.05. The zero-order chi connectivity index (χ0) is 22.3. The van der Waals surface area contributed by atoms with Gasteiger partial charge in [-0.15, -0.1) is 0 Å². The molecule has 0 saturated carbocycles. The highest BCUT2D eigenvalue weighted by Gasteiger charge is 2.30. The van der Waals surface area contributed by atoms with Crippen LogP contribution in [0.15, 0.2) is 36.4 Å². The standard InChI is InChI=1S/C23H26F2N2O3/c1-14-6-9-17(13-18(14)23(5,24)25)26-20(28)16-8-7-15-10-11-27(19(15)12-16)21(29)30-22(2,3)4/h6-9,12-13H,10-11H2,1-5H3,(H,26,28). The molecule has 1 N–H and O–H groups in total. The number of hydrogen-bond acceptors (Lipinski definition) is 3. The molecule has 160 valence electrons. The number of ether oxygens (including phenoxy) is 1. The smallest absolute Gasteiger partial charge is 0.414 e. The van der Waals surface area contributed by atoms with E-state index in [4.69, 9.17) is 4.74 Å². The molecule has 0 aliphatic carbocycles. The van der Waals surface area contributed by atoms with E-state index in [0.29, 0.717) is 29.8 Å². The average Bonchev–Trinajstić information content (AvgIpc) is 3.04. The highest BCUT2D eigenvalue weighted by Crippen LogP contribution is 2.33. The summed E-state index contributed by atoms with van der Waals surface area (Å²) in [5.74, 6) is -3.45. The summed E-state index contributed by atoms with van der Waals surface area (Å²) in [6, 6.07) is 9.52. The van der Waals surface area contributed by atoms with E-state index in [-0.39, 0.29) is 11.3 Å². The van der Waals surface area contributed by atoms with Gasteiger partial charge in [0.1, 0.15) is 5.60 Å². The van der Waals surface area contributed by atoms with E-state index in [1.165, 1.54) is 11.0 Å². The Morgan fingerprint density at radius 1 is 1.07 bits per heavy atom. The van der Waals surface area contributed by atoms with Gasteiger partial charge in [-0.3, -0.25) is 9.69 Å². The number of rotatable bonds is 3. The number of amides is 2. The predicted octanol–water partition coefficient (Wildman–Crippen LogP) is 5.66. The molecule has 3 rings (SSSR count). The Labute approximate surface area is 175 Å². The minimum Gasteiger partial charge on any atom is -0.443 e. The lowest BCUT2D eigenvalue weighted by molar-refractivity contribution is 0.0168. The van der Waals surface area contributed by atoms with Crippen LogP contribution in [0, 0.1) is 6.92 Å². The third-order valence-corrected chi connectivity index (χ3v) is 4.83. The van der Waals surface area contributed by atoms with E-state index in [1.807, 2.05) is 0 Å². The van der Waals surface area contributed by atoms with Crippen molar-refractivity contribution in [1.29, 1.82) is 0 Å². The summed E-state index contributed by atoms with van der Waals surface area (Å²) >= 11 is 0. The number of alkyl halides is 2. The maximum atomic E-state index is 13.8. The van der Waals surface area contributed by atoms with Crippen LogP contribution < -0.4 is 10.2 Å². The van der Waals surface area contributed by atoms with Gasteiger partial charge in [0, 0.05) is 30.3 Å². The molecule has 1 aliphatic heterocycles. The Kier molecular flexibility index (Phi) is 5.58. The fourth-order valence-corrected chi connectivity index (χ4v) is 3.40. The van der Waals surface area contributed by atoms with E-state index in [2.05, 4.69) is 5.32 Å². The van der Waals surface area contributed by atoms with Crippen molar-refractivity contribution < 1.29 is 23.1 Å². The monoisotopic (exact) mass is 416 g/mol. The van der Waals surface area contributed by atoms with Crippen LogP contribution in [0.5, 0.6) is 0 Å². The molecule has 7 heteroatoms. The fraction of sp³-hybridized carbons (Fsp3) is 0.391. The van der Waals surface area contributed by atoms with Crippen molar-refractivity contribution in [3.05, 3.63) is 58.7 Å². The lowest BCUT2D eigenvalue weighted by atomic mass is 10.0. The zero-order valence-electron chi connectivity index (χ0n) is 17.8. The molecule has 1 aliphatic rings. The van der Waals surface area contributed by atoms with Gasteiger partial charge < -0.3 is 10.1 Å². The van der Waals surface area contributed by atoms with Crippen LogP contribution in [0.3, 0.4) is 0 Å². The lowest BCUT2D eigenvalue weighted by Gasteiger charge is -2.25. The van der Waals surface area contributed by atoms with Crippen LogP contribution >= 0.6 is 0 Å². The number of halogens is 2. The number of carbonyl (C=O) groups excluding carboxylic acids is 2. The normalized spacial score (nSPS) is 13.8. The first-order chi connectivity index (χ1) is 13.8. The van der Waals surface area contributed by atoms with Crippen molar-refractivity contribution in [2.75, 3.05) is 16.8 Å². The number of hydrogen-bond donors (Lipinski definition) is 1. The molecule has 2 aromatic carbocycles. The number of benzene rings is 2. The largest absolute Gasteiger partial charge is 0.443 e. The Hall–Kier alpha value is -2.96. The molecule has 0 spiro atoms. The van der Waals surface area contributed by atoms with Crippen molar-refractivity contribution in [2.24, 2.45) is 0 Å². The van der Waals surface area contributed by atoms with Crippen molar-refractivity contribution in [2.45, 2.75) is 52.6 Å². The minimum absolute atomic E-state index is 0.134. The summed E-state index contributed by atoms with van der Waals surface area (Å²) in [5, 5.41) is 2.66. The van der Waals surface area contributed by atoms with E-state index in [0.717, 1.165) is 12.5 Å². The van der Waals surface area contributed by atoms with Crippen LogP contribution in [-0.4, -0.2) is 24.1 Å². The van der Waals surface area contributed by atoms with Gasteiger partial charge in [0.25, 0.3) is 11.8 Å². The van der Waals surface area contributed by atoms with Gasteiger partial charge in [-0.25, -0.2) is 13.6 Å². The number of carbonyl (C=O) groups is 2. The molecular formula is C23H26F2N2O3. The Morgan fingerprint density at radius 2 is 1.77 bits per heavy atom. The van der Waals surface area contributed by atoms with Gasteiger partial charge in [-0.2, -0.15) is 0 Å². The fourth-order valence-electron chi connectivity index (χ4n) is 3.40. The first kappa shape index (κ1) is 21.7. The first-order valence-electron chi connectivity index (χ1n) is 9.79. The minimum atomic E-state index is -3.01. The number of nitrogens with one attached hydrogen (secondary N) is 1. The molecule has 0 saturated heterocycles. The molecule has 30 heavy (non-hydrogen) atoms. The van der Waals surface area contributed by atoms with Crippen molar-refractivity contribution in [3.63, 3.8) is 0 Å². The zero-order valence-corrected chi connectivity index (χ0v) is 17.8. The summed E-state index contributed by atoms with van der Waals surface area (Å²) < 4.78 is 33.0. The number of nitrogens with zero attached hydrogens (tertiary/aromatic N) is 1. The van der Waals surface area contributed by atoms with Crippen LogP contribution in [0.4, 0.5) is 25.0 Å². The van der Waals surface area contributed by atoms with Gasteiger partial charge in [-0.1, -0.05) is 12.1 Å². The number of aryl methyl sites for hydroxylation is 1. The predicted molar refractivity (Wildman–Crippen MR) is 112 cm³/mol. The average molecular weight is 416 g/mol. The van der Waals surface area contributed by atoms with Gasteiger partial charge in [0.15, 0.2) is 0 Å². The molecule has 0 unspecified atom stereocenters. The van der Waals surface area contributed by atoms with E-state index in [9.17, 15) is 18.4 Å². The summed E-state index contributed by atoms with van der Waals surface area (Å²) in [6.45, 7) is 8.28. The SMILES string of the molecule is Cc1ccc(NC(=O)c2ccc3c(c2)N(C(=O)OC(C)(C)C)CC3)cc1C(C)(F)F. The van der Waals surface area contributed by atoms with E-state index >= 15 is 0 Å². The van der Waals surface area contributed by atoms with Crippen molar-refractivity contribution in [3.8, 4) is 0 Å². The maximum absolute atomic E-state index is 13.8. The molecule has 0 atom stereocenters. The molecular weight excluding hydrogens is 390 g/mol. The third kappa shape index (κ3) is 4.78. The van der Waals surface area contributed by atoms with Crippen LogP contribution in [0.25, 0.3) is 0 Å². The topological polar surface area (TPSA) is 58.6 Å². The highest BCUT2D eigenvalue weighted by atomic mass is 19.3. The van der Waals surface area contributed by atoms with Gasteiger partial charge >= 0.3 is 6.09 Å². The molecule has 0 fully saturated rings. The second-order valence-electron chi connectivity index (χ2n) is 8.60. The summed E-state index contributed by atoms with van der Waals surface area (Å²) in [4.78, 5) is 26.7. The Morgan fingerprint density at radius 3 is 2.40 bits per heavy atom. The van der Waals surface area contributed by atoms with Gasteiger partial charge in [0.05, 0.1) is 5.69 Å². The summed E-state index contributed by atoms with van der Waals surface area (Å²) in [7, 11) is 0. The van der Waals surface area contributed by atoms with Gasteiger partial charge in [0.2, 0.25) is 0 Å². The van der Waals surface area contributed by atoms with Crippen LogP contribution in [0.1, 0.15) is 54.7 Å². The van der Waals surface area contributed by atoms with Gasteiger partial charge in [-0.05, 0) is 69.5 Å². The quantitative estimate of drug-likeness (QED) is 0.703. The molecule has 0 bridgehead atoms. The molecule has 2 aromatic rings. The Bertz CT molecular complexity index is 991. The summed E-state index contributed by atoms with van der Waals surface area (Å²) in [5.41, 5.74) is 1.87. The van der Waals surface area contributed by atoms with E-state index < -0.39 is 23.5 Å². The Balaban J connectivity index is 1.82. The second-order valence-corrected chi connectivity index (χ2v) is 8.60. The molecule has 2 amide bonds. The lowest BCUT2D eigenvalue weighted by Crippen LogP contribution is -2.35.